The standard InChI is InChI=1S/C30H44BrN3O5/c1-8-17(2)20(15-35)34-24(26(37)33-29(6,7)16-28(3,4)5)30-14-19(31)23(39-30)21(22(30)27(34)38)25(36)32-18-12-10-9-11-13-18/h9-13,17,19-24,35H,8,14-16H2,1-7H3,(H,32,36)(H,33,37)/t17-,19?,20-,21-,22-,23-,24?,30?/m0/s1. The lowest BCUT2D eigenvalue weighted by atomic mass is 9.70. The number of nitrogens with zero attached hydrogens (tertiary/aromatic N) is 1. The number of alkyl halides is 1. The molecule has 1 spiro atoms. The lowest BCUT2D eigenvalue weighted by molar-refractivity contribution is -0.147. The number of fused-ring (bicyclic) bond motifs is 1. The van der Waals surface area contributed by atoms with Gasteiger partial charge < -0.3 is 25.4 Å². The number of likely N-dealkylation sites (tertiary alicyclic amines) is 1. The minimum atomic E-state index is -1.17. The van der Waals surface area contributed by atoms with Gasteiger partial charge in [-0.3, -0.25) is 14.4 Å². The van der Waals surface area contributed by atoms with E-state index in [1.165, 1.54) is 0 Å². The maximum atomic E-state index is 14.3. The summed E-state index contributed by atoms with van der Waals surface area (Å²) in [5, 5.41) is 16.7. The molecular formula is C30H44BrN3O5. The molecule has 3 unspecified atom stereocenters. The molecule has 8 atom stereocenters. The highest BCUT2D eigenvalue weighted by Gasteiger charge is 2.77. The van der Waals surface area contributed by atoms with Crippen LogP contribution < -0.4 is 10.6 Å². The van der Waals surface area contributed by atoms with Crippen LogP contribution in [-0.4, -0.2) is 68.5 Å². The number of para-hydroxylation sites is 1. The van der Waals surface area contributed by atoms with Gasteiger partial charge in [-0.05, 0) is 50.2 Å². The van der Waals surface area contributed by atoms with Gasteiger partial charge in [0.1, 0.15) is 11.6 Å². The third-order valence-electron chi connectivity index (χ3n) is 8.60. The molecule has 0 aromatic heterocycles. The zero-order valence-corrected chi connectivity index (χ0v) is 25.7. The topological polar surface area (TPSA) is 108 Å². The molecule has 3 heterocycles. The fraction of sp³-hybridized carbons (Fsp3) is 0.700. The number of rotatable bonds is 9. The van der Waals surface area contributed by atoms with Gasteiger partial charge >= 0.3 is 0 Å². The Hall–Kier alpha value is -1.97. The van der Waals surface area contributed by atoms with E-state index in [1.807, 2.05) is 45.9 Å². The number of nitrogens with one attached hydrogen (secondary N) is 2. The Balaban J connectivity index is 1.75. The number of ether oxygens (including phenoxy) is 1. The molecule has 9 heteroatoms. The summed E-state index contributed by atoms with van der Waals surface area (Å²) < 4.78 is 6.61. The SMILES string of the molecule is CC[C@H](C)[C@H](CO)N1C(=O)[C@@H]2[C@H](C(=O)Nc3ccccc3)[C@H]3OC2(CC3Br)C1C(=O)NC(C)(C)CC(C)(C)C. The second-order valence-corrected chi connectivity index (χ2v) is 14.7. The predicted molar refractivity (Wildman–Crippen MR) is 154 cm³/mol. The summed E-state index contributed by atoms with van der Waals surface area (Å²) in [5.74, 6) is -2.53. The Kier molecular flexibility index (Phi) is 8.30. The zero-order valence-electron chi connectivity index (χ0n) is 24.2. The van der Waals surface area contributed by atoms with Crippen molar-refractivity contribution >= 4 is 39.3 Å². The Bertz CT molecular complexity index is 1090. The Morgan fingerprint density at radius 3 is 2.38 bits per heavy atom. The number of amides is 3. The Morgan fingerprint density at radius 1 is 1.18 bits per heavy atom. The number of aliphatic hydroxyl groups excluding tert-OH is 1. The minimum Gasteiger partial charge on any atom is -0.394 e. The van der Waals surface area contributed by atoms with Crippen LogP contribution in [0.1, 0.15) is 67.7 Å². The third kappa shape index (κ3) is 5.51. The van der Waals surface area contributed by atoms with Crippen molar-refractivity contribution in [3.05, 3.63) is 30.3 Å². The van der Waals surface area contributed by atoms with Crippen LogP contribution in [0, 0.1) is 23.2 Å². The van der Waals surface area contributed by atoms with E-state index >= 15 is 0 Å². The van der Waals surface area contributed by atoms with E-state index in [4.69, 9.17) is 4.74 Å². The minimum absolute atomic E-state index is 0.0307. The summed E-state index contributed by atoms with van der Waals surface area (Å²) in [6.45, 7) is 14.0. The number of anilines is 1. The first-order valence-corrected chi connectivity index (χ1v) is 15.0. The highest BCUT2D eigenvalue weighted by Crippen LogP contribution is 2.60. The molecule has 3 N–H and O–H groups in total. The highest BCUT2D eigenvalue weighted by molar-refractivity contribution is 9.09. The molecule has 4 rings (SSSR count). The molecule has 0 radical (unpaired) electrons. The van der Waals surface area contributed by atoms with E-state index in [-0.39, 0.29) is 40.5 Å². The number of aliphatic hydroxyl groups is 1. The van der Waals surface area contributed by atoms with Gasteiger partial charge in [0.2, 0.25) is 17.7 Å². The average Bonchev–Trinajstić information content (AvgIpc) is 3.42. The number of carbonyl (C=O) groups is 3. The molecular weight excluding hydrogens is 562 g/mol. The molecule has 0 aliphatic carbocycles. The van der Waals surface area contributed by atoms with Crippen LogP contribution >= 0.6 is 15.9 Å². The maximum Gasteiger partial charge on any atom is 0.246 e. The van der Waals surface area contributed by atoms with Gasteiger partial charge in [-0.15, -0.1) is 0 Å². The van der Waals surface area contributed by atoms with Gasteiger partial charge in [-0.2, -0.15) is 0 Å². The Morgan fingerprint density at radius 2 is 1.82 bits per heavy atom. The zero-order chi connectivity index (χ0) is 28.9. The molecule has 3 aliphatic heterocycles. The summed E-state index contributed by atoms with van der Waals surface area (Å²) in [5.41, 5.74) is -1.11. The van der Waals surface area contributed by atoms with E-state index in [1.54, 1.807) is 17.0 Å². The second-order valence-electron chi connectivity index (χ2n) is 13.5. The predicted octanol–water partition coefficient (Wildman–Crippen LogP) is 4.11. The monoisotopic (exact) mass is 605 g/mol. The molecule has 1 aromatic rings. The first-order valence-electron chi connectivity index (χ1n) is 14.1. The third-order valence-corrected chi connectivity index (χ3v) is 9.44. The van der Waals surface area contributed by atoms with Crippen molar-refractivity contribution in [2.75, 3.05) is 11.9 Å². The van der Waals surface area contributed by atoms with Crippen LogP contribution in [0.15, 0.2) is 30.3 Å². The van der Waals surface area contributed by atoms with E-state index in [0.29, 0.717) is 12.1 Å². The first-order chi connectivity index (χ1) is 18.2. The smallest absolute Gasteiger partial charge is 0.246 e. The molecule has 8 nitrogen and oxygen atoms in total. The van der Waals surface area contributed by atoms with Crippen molar-refractivity contribution in [3.8, 4) is 0 Å². The second kappa shape index (κ2) is 10.8. The van der Waals surface area contributed by atoms with Gasteiger partial charge in [0.05, 0.1) is 30.6 Å². The Labute approximate surface area is 240 Å². The fourth-order valence-corrected chi connectivity index (χ4v) is 8.30. The normalized spacial score (nSPS) is 31.7. The number of carbonyl (C=O) groups excluding carboxylic acids is 3. The summed E-state index contributed by atoms with van der Waals surface area (Å²) in [4.78, 5) is 43.7. The van der Waals surface area contributed by atoms with Crippen LogP contribution in [0.3, 0.4) is 0 Å². The van der Waals surface area contributed by atoms with Gasteiger partial charge in [-0.1, -0.05) is 75.2 Å². The number of hydrogen-bond acceptors (Lipinski definition) is 5. The van der Waals surface area contributed by atoms with Crippen molar-refractivity contribution in [2.24, 2.45) is 23.2 Å². The van der Waals surface area contributed by atoms with Crippen LogP contribution in [0.5, 0.6) is 0 Å². The largest absolute Gasteiger partial charge is 0.394 e. The van der Waals surface area contributed by atoms with Gasteiger partial charge in [0.15, 0.2) is 0 Å². The summed E-state index contributed by atoms with van der Waals surface area (Å²) in [6, 6.07) is 7.61. The van der Waals surface area contributed by atoms with E-state index in [0.717, 1.165) is 12.8 Å². The van der Waals surface area contributed by atoms with Crippen molar-refractivity contribution in [1.82, 2.24) is 10.2 Å². The first kappa shape index (κ1) is 30.0. The molecule has 3 aliphatic rings. The van der Waals surface area contributed by atoms with E-state index in [9.17, 15) is 19.5 Å². The molecule has 0 saturated carbocycles. The maximum absolute atomic E-state index is 14.3. The molecule has 3 amide bonds. The molecule has 1 aromatic carbocycles. The molecule has 216 valence electrons. The average molecular weight is 607 g/mol. The van der Waals surface area contributed by atoms with Crippen LogP contribution in [0.2, 0.25) is 0 Å². The van der Waals surface area contributed by atoms with E-state index in [2.05, 4.69) is 47.3 Å². The van der Waals surface area contributed by atoms with Crippen LogP contribution in [-0.2, 0) is 19.1 Å². The van der Waals surface area contributed by atoms with Crippen LogP contribution in [0.25, 0.3) is 0 Å². The van der Waals surface area contributed by atoms with Crippen molar-refractivity contribution in [1.29, 1.82) is 0 Å². The molecule has 2 bridgehead atoms. The summed E-state index contributed by atoms with van der Waals surface area (Å²) in [6.07, 6.45) is 1.33. The van der Waals surface area contributed by atoms with Gasteiger partial charge in [-0.25, -0.2) is 0 Å². The lowest BCUT2D eigenvalue weighted by Gasteiger charge is -2.41. The van der Waals surface area contributed by atoms with E-state index < -0.39 is 41.2 Å². The lowest BCUT2D eigenvalue weighted by Crippen LogP contribution is -2.62. The number of hydrogen-bond donors (Lipinski definition) is 3. The molecule has 3 fully saturated rings. The summed E-state index contributed by atoms with van der Waals surface area (Å²) in [7, 11) is 0. The van der Waals surface area contributed by atoms with Crippen molar-refractivity contribution in [2.45, 2.75) is 102 Å². The fourth-order valence-electron chi connectivity index (χ4n) is 7.36. The van der Waals surface area contributed by atoms with Gasteiger partial charge in [0, 0.05) is 16.1 Å². The summed E-state index contributed by atoms with van der Waals surface area (Å²) >= 11 is 3.72. The molecule has 3 saturated heterocycles. The molecule has 39 heavy (non-hydrogen) atoms. The van der Waals surface area contributed by atoms with Gasteiger partial charge in [0.25, 0.3) is 0 Å². The van der Waals surface area contributed by atoms with Crippen molar-refractivity contribution < 1.29 is 24.2 Å². The quantitative estimate of drug-likeness (QED) is 0.367. The van der Waals surface area contributed by atoms with Crippen molar-refractivity contribution in [3.63, 3.8) is 0 Å². The van der Waals surface area contributed by atoms with Crippen LogP contribution in [0.4, 0.5) is 5.69 Å². The number of benzene rings is 1. The highest BCUT2D eigenvalue weighted by atomic mass is 79.9. The number of halogens is 1.